The van der Waals surface area contributed by atoms with Crippen molar-refractivity contribution in [1.29, 1.82) is 0 Å². The summed E-state index contributed by atoms with van der Waals surface area (Å²) in [4.78, 5) is 11.9. The quantitative estimate of drug-likeness (QED) is 0.737. The minimum Gasteiger partial charge on any atom is -0.497 e. The minimum absolute atomic E-state index is 0.248. The number of rotatable bonds is 3. The first kappa shape index (κ1) is 12.5. The molecule has 1 aromatic heterocycles. The van der Waals surface area contributed by atoms with Gasteiger partial charge in [-0.2, -0.15) is 0 Å². The van der Waals surface area contributed by atoms with Crippen LogP contribution < -0.4 is 10.5 Å². The largest absolute Gasteiger partial charge is 0.497 e. The summed E-state index contributed by atoms with van der Waals surface area (Å²) >= 11 is 0. The summed E-state index contributed by atoms with van der Waals surface area (Å²) in [7, 11) is 1.58. The lowest BCUT2D eigenvalue weighted by Gasteiger charge is -2.05. The van der Waals surface area contributed by atoms with E-state index >= 15 is 0 Å². The third-order valence-corrected chi connectivity index (χ3v) is 3.11. The van der Waals surface area contributed by atoms with E-state index in [4.69, 9.17) is 9.15 Å². The molecule has 0 amide bonds. The lowest BCUT2D eigenvalue weighted by Crippen LogP contribution is -2.14. The molecular weight excluding hydrogens is 261 g/mol. The number of hydrogen-bond acceptors (Lipinski definition) is 3. The number of aromatic nitrogens is 1. The summed E-state index contributed by atoms with van der Waals surface area (Å²) in [6.07, 6.45) is 0. The van der Waals surface area contributed by atoms with Gasteiger partial charge in [0.1, 0.15) is 11.6 Å². The van der Waals surface area contributed by atoms with Crippen LogP contribution in [0.4, 0.5) is 4.39 Å². The summed E-state index contributed by atoms with van der Waals surface area (Å²) in [5.74, 6) is -0.220. The number of methoxy groups -OCH3 is 1. The molecule has 0 aliphatic carbocycles. The molecule has 1 heterocycles. The molecule has 3 rings (SSSR count). The minimum atomic E-state index is -0.506. The SMILES string of the molecule is COc1cccc(Cn2c(=O)oc3cc(F)ccc32)c1. The molecule has 20 heavy (non-hydrogen) atoms. The maximum atomic E-state index is 13.1. The van der Waals surface area contributed by atoms with E-state index in [9.17, 15) is 9.18 Å². The van der Waals surface area contributed by atoms with Crippen molar-refractivity contribution in [2.24, 2.45) is 0 Å². The van der Waals surface area contributed by atoms with Gasteiger partial charge in [-0.3, -0.25) is 4.57 Å². The third kappa shape index (κ3) is 2.18. The molecular formula is C15H12FNO3. The highest BCUT2D eigenvalue weighted by atomic mass is 19.1. The Bertz CT molecular complexity index is 819. The Balaban J connectivity index is 2.06. The second-order valence-electron chi connectivity index (χ2n) is 4.42. The second-order valence-corrected chi connectivity index (χ2v) is 4.42. The smallest absolute Gasteiger partial charge is 0.420 e. The van der Waals surface area contributed by atoms with Crippen molar-refractivity contribution in [3.05, 3.63) is 64.4 Å². The molecule has 0 unspecified atom stereocenters. The first-order valence-electron chi connectivity index (χ1n) is 6.09. The average Bonchev–Trinajstić information content (AvgIpc) is 2.74. The summed E-state index contributed by atoms with van der Waals surface area (Å²) in [5, 5.41) is 0. The molecule has 0 fully saturated rings. The molecule has 0 aliphatic rings. The van der Waals surface area contributed by atoms with Crippen LogP contribution in [-0.4, -0.2) is 11.7 Å². The van der Waals surface area contributed by atoms with Crippen LogP contribution in [0.3, 0.4) is 0 Å². The number of halogens is 1. The first-order chi connectivity index (χ1) is 9.67. The van der Waals surface area contributed by atoms with Crippen molar-refractivity contribution >= 4 is 11.1 Å². The van der Waals surface area contributed by atoms with Crippen LogP contribution in [0, 0.1) is 5.82 Å². The van der Waals surface area contributed by atoms with Crippen LogP contribution in [0.15, 0.2) is 51.7 Å². The normalized spacial score (nSPS) is 10.9. The molecule has 0 aliphatic heterocycles. The fourth-order valence-corrected chi connectivity index (χ4v) is 2.14. The van der Waals surface area contributed by atoms with Gasteiger partial charge in [-0.15, -0.1) is 0 Å². The first-order valence-corrected chi connectivity index (χ1v) is 6.09. The highest BCUT2D eigenvalue weighted by molar-refractivity contribution is 5.72. The Hall–Kier alpha value is -2.56. The number of benzene rings is 2. The van der Waals surface area contributed by atoms with Gasteiger partial charge in [0.05, 0.1) is 19.2 Å². The van der Waals surface area contributed by atoms with E-state index < -0.39 is 11.6 Å². The van der Waals surface area contributed by atoms with Crippen molar-refractivity contribution in [2.75, 3.05) is 7.11 Å². The van der Waals surface area contributed by atoms with Crippen LogP contribution in [-0.2, 0) is 6.54 Å². The van der Waals surface area contributed by atoms with Crippen LogP contribution >= 0.6 is 0 Å². The molecule has 102 valence electrons. The molecule has 0 radical (unpaired) electrons. The van der Waals surface area contributed by atoms with Crippen molar-refractivity contribution in [3.63, 3.8) is 0 Å². The Labute approximate surface area is 114 Å². The van der Waals surface area contributed by atoms with Gasteiger partial charge >= 0.3 is 5.76 Å². The maximum Gasteiger partial charge on any atom is 0.420 e. The van der Waals surface area contributed by atoms with Crippen molar-refractivity contribution in [2.45, 2.75) is 6.54 Å². The average molecular weight is 273 g/mol. The fourth-order valence-electron chi connectivity index (χ4n) is 2.14. The molecule has 0 saturated heterocycles. The molecule has 2 aromatic carbocycles. The highest BCUT2D eigenvalue weighted by Gasteiger charge is 2.10. The van der Waals surface area contributed by atoms with Crippen LogP contribution in [0.25, 0.3) is 11.1 Å². The van der Waals surface area contributed by atoms with Gasteiger partial charge in [0, 0.05) is 6.07 Å². The van der Waals surface area contributed by atoms with Gasteiger partial charge < -0.3 is 9.15 Å². The van der Waals surface area contributed by atoms with Crippen LogP contribution in [0.1, 0.15) is 5.56 Å². The van der Waals surface area contributed by atoms with E-state index in [1.807, 2.05) is 24.3 Å². The van der Waals surface area contributed by atoms with E-state index in [0.717, 1.165) is 11.3 Å². The molecule has 4 nitrogen and oxygen atoms in total. The van der Waals surface area contributed by atoms with E-state index in [0.29, 0.717) is 12.1 Å². The topological polar surface area (TPSA) is 44.4 Å². The standard InChI is InChI=1S/C15H12FNO3/c1-19-12-4-2-3-10(7-12)9-17-13-6-5-11(16)8-14(13)20-15(17)18/h2-8H,9H2,1H3. The number of fused-ring (bicyclic) bond motifs is 1. The van der Waals surface area contributed by atoms with Crippen molar-refractivity contribution in [1.82, 2.24) is 4.57 Å². The molecule has 0 saturated carbocycles. The Kier molecular flexibility index (Phi) is 3.02. The summed E-state index contributed by atoms with van der Waals surface area (Å²) < 4.78 is 24.8. The third-order valence-electron chi connectivity index (χ3n) is 3.11. The lowest BCUT2D eigenvalue weighted by molar-refractivity contribution is 0.414. The number of ether oxygens (including phenoxy) is 1. The van der Waals surface area contributed by atoms with E-state index in [1.165, 1.54) is 22.8 Å². The van der Waals surface area contributed by atoms with Gasteiger partial charge in [-0.25, -0.2) is 9.18 Å². The Morgan fingerprint density at radius 3 is 2.90 bits per heavy atom. The molecule has 0 N–H and O–H groups in total. The molecule has 5 heteroatoms. The zero-order chi connectivity index (χ0) is 14.1. The van der Waals surface area contributed by atoms with Crippen molar-refractivity contribution in [3.8, 4) is 5.75 Å². The highest BCUT2D eigenvalue weighted by Crippen LogP contribution is 2.17. The van der Waals surface area contributed by atoms with E-state index in [-0.39, 0.29) is 5.58 Å². The molecule has 0 spiro atoms. The molecule has 0 bridgehead atoms. The zero-order valence-electron chi connectivity index (χ0n) is 10.8. The summed E-state index contributed by atoms with van der Waals surface area (Å²) in [6, 6.07) is 11.5. The maximum absolute atomic E-state index is 13.1. The fraction of sp³-hybridized carbons (Fsp3) is 0.133. The van der Waals surface area contributed by atoms with Gasteiger partial charge in [0.2, 0.25) is 0 Å². The van der Waals surface area contributed by atoms with E-state index in [2.05, 4.69) is 0 Å². The second kappa shape index (κ2) is 4.85. The van der Waals surface area contributed by atoms with Crippen LogP contribution in [0.2, 0.25) is 0 Å². The van der Waals surface area contributed by atoms with Crippen molar-refractivity contribution < 1.29 is 13.5 Å². The summed E-state index contributed by atoms with van der Waals surface area (Å²) in [5.41, 5.74) is 1.72. The lowest BCUT2D eigenvalue weighted by atomic mass is 10.2. The zero-order valence-corrected chi connectivity index (χ0v) is 10.8. The van der Waals surface area contributed by atoms with Gasteiger partial charge in [0.15, 0.2) is 5.58 Å². The Morgan fingerprint density at radius 2 is 2.10 bits per heavy atom. The monoisotopic (exact) mass is 273 g/mol. The Morgan fingerprint density at radius 1 is 1.25 bits per heavy atom. The number of hydrogen-bond donors (Lipinski definition) is 0. The van der Waals surface area contributed by atoms with Gasteiger partial charge in [-0.1, -0.05) is 12.1 Å². The number of nitrogens with zero attached hydrogens (tertiary/aromatic N) is 1. The molecule has 0 atom stereocenters. The van der Waals surface area contributed by atoms with Gasteiger partial charge in [0.25, 0.3) is 0 Å². The molecule has 3 aromatic rings. The predicted octanol–water partition coefficient (Wildman–Crippen LogP) is 2.79. The van der Waals surface area contributed by atoms with E-state index in [1.54, 1.807) is 7.11 Å². The summed E-state index contributed by atoms with van der Waals surface area (Å²) in [6.45, 7) is 0.342. The predicted molar refractivity (Wildman–Crippen MR) is 72.5 cm³/mol. The van der Waals surface area contributed by atoms with Crippen LogP contribution in [0.5, 0.6) is 5.75 Å². The number of oxazole rings is 1. The van der Waals surface area contributed by atoms with Gasteiger partial charge in [-0.05, 0) is 29.8 Å².